The van der Waals surface area contributed by atoms with Crippen molar-refractivity contribution in [2.75, 3.05) is 7.11 Å². The lowest BCUT2D eigenvalue weighted by atomic mass is 10.1. The van der Waals surface area contributed by atoms with E-state index in [4.69, 9.17) is 27.0 Å². The number of ether oxygens (including phenoxy) is 1. The summed E-state index contributed by atoms with van der Waals surface area (Å²) in [5.41, 5.74) is 1.38. The van der Waals surface area contributed by atoms with Gasteiger partial charge in [0.25, 0.3) is 0 Å². The summed E-state index contributed by atoms with van der Waals surface area (Å²) in [4.78, 5) is 0. The van der Waals surface area contributed by atoms with Crippen molar-refractivity contribution in [1.29, 1.82) is 0 Å². The van der Waals surface area contributed by atoms with Crippen molar-refractivity contribution in [3.05, 3.63) is 28.3 Å². The van der Waals surface area contributed by atoms with Crippen LogP contribution in [-0.4, -0.2) is 15.5 Å². The molecule has 3 nitrogen and oxygen atoms in total. The van der Waals surface area contributed by atoms with E-state index in [0.29, 0.717) is 16.3 Å². The molecule has 0 fully saturated rings. The number of halogens is 2. The van der Waals surface area contributed by atoms with Gasteiger partial charge >= 0.3 is 0 Å². The molecule has 0 saturated heterocycles. The summed E-state index contributed by atoms with van der Waals surface area (Å²) in [6.07, 6.45) is 0.718. The summed E-state index contributed by atoms with van der Waals surface area (Å²) >= 11 is 6.02. The molecule has 6 heteroatoms. The molecule has 0 N–H and O–H groups in total. The molecule has 0 spiro atoms. The molecule has 0 aliphatic rings. The van der Waals surface area contributed by atoms with Gasteiger partial charge in [0.15, 0.2) is 0 Å². The highest BCUT2D eigenvalue weighted by atomic mass is 35.7. The smallest absolute Gasteiger partial charge is 0.236 e. The van der Waals surface area contributed by atoms with Crippen LogP contribution in [0.25, 0.3) is 0 Å². The summed E-state index contributed by atoms with van der Waals surface area (Å²) in [5, 5.41) is 0.497. The maximum Gasteiger partial charge on any atom is 0.236 e. The minimum atomic E-state index is -3.58. The summed E-state index contributed by atoms with van der Waals surface area (Å²) in [5.74, 6) is 0.333. The fraction of sp³-hybridized carbons (Fsp3) is 0.400. The van der Waals surface area contributed by atoms with E-state index in [-0.39, 0.29) is 5.75 Å². The van der Waals surface area contributed by atoms with Crippen molar-refractivity contribution in [2.24, 2.45) is 0 Å². The van der Waals surface area contributed by atoms with Gasteiger partial charge in [0.1, 0.15) is 5.75 Å². The van der Waals surface area contributed by atoms with E-state index in [1.807, 2.05) is 6.92 Å². The number of hydrogen-bond acceptors (Lipinski definition) is 3. The zero-order chi connectivity index (χ0) is 12.3. The molecule has 1 aromatic rings. The highest BCUT2D eigenvalue weighted by Crippen LogP contribution is 2.30. The zero-order valence-corrected chi connectivity index (χ0v) is 11.3. The Labute approximate surface area is 105 Å². The number of rotatable bonds is 4. The Balaban J connectivity index is 3.20. The van der Waals surface area contributed by atoms with Gasteiger partial charge in [-0.1, -0.05) is 18.5 Å². The topological polar surface area (TPSA) is 43.4 Å². The minimum Gasteiger partial charge on any atom is -0.496 e. The van der Waals surface area contributed by atoms with Crippen molar-refractivity contribution >= 4 is 31.3 Å². The van der Waals surface area contributed by atoms with Gasteiger partial charge in [-0.05, 0) is 24.1 Å². The Morgan fingerprint density at radius 3 is 2.44 bits per heavy atom. The molecule has 0 amide bonds. The number of benzene rings is 1. The highest BCUT2D eigenvalue weighted by Gasteiger charge is 2.13. The van der Waals surface area contributed by atoms with Gasteiger partial charge in [-0.3, -0.25) is 0 Å². The van der Waals surface area contributed by atoms with Gasteiger partial charge in [-0.2, -0.15) is 0 Å². The lowest BCUT2D eigenvalue weighted by Gasteiger charge is -2.10. The van der Waals surface area contributed by atoms with Gasteiger partial charge in [-0.25, -0.2) is 8.42 Å². The summed E-state index contributed by atoms with van der Waals surface area (Å²) in [6.45, 7) is 1.95. The molecular weight excluding hydrogens is 271 g/mol. The zero-order valence-electron chi connectivity index (χ0n) is 8.96. The molecule has 0 saturated carbocycles. The lowest BCUT2D eigenvalue weighted by Crippen LogP contribution is -1.99. The predicted molar refractivity (Wildman–Crippen MR) is 65.9 cm³/mol. The van der Waals surface area contributed by atoms with E-state index in [9.17, 15) is 8.42 Å². The minimum absolute atomic E-state index is 0.255. The van der Waals surface area contributed by atoms with E-state index in [0.717, 1.165) is 12.0 Å². The second kappa shape index (κ2) is 5.25. The predicted octanol–water partition coefficient (Wildman–Crippen LogP) is 2.98. The third-order valence-corrected chi connectivity index (χ3v) is 3.47. The largest absolute Gasteiger partial charge is 0.496 e. The lowest BCUT2D eigenvalue weighted by molar-refractivity contribution is 0.410. The van der Waals surface area contributed by atoms with Crippen molar-refractivity contribution in [3.8, 4) is 5.75 Å². The summed E-state index contributed by atoms with van der Waals surface area (Å²) < 4.78 is 27.0. The number of hydrogen-bond donors (Lipinski definition) is 0. The van der Waals surface area contributed by atoms with Crippen molar-refractivity contribution in [3.63, 3.8) is 0 Å². The Hall–Kier alpha value is -0.450. The normalized spacial score (nSPS) is 11.5. The quantitative estimate of drug-likeness (QED) is 0.798. The van der Waals surface area contributed by atoms with Gasteiger partial charge in [-0.15, -0.1) is 0 Å². The molecule has 0 unspecified atom stereocenters. The molecule has 16 heavy (non-hydrogen) atoms. The first kappa shape index (κ1) is 13.6. The van der Waals surface area contributed by atoms with E-state index < -0.39 is 9.05 Å². The van der Waals surface area contributed by atoms with Gasteiger partial charge in [0, 0.05) is 21.3 Å². The van der Waals surface area contributed by atoms with Crippen molar-refractivity contribution in [1.82, 2.24) is 0 Å². The molecule has 0 aliphatic heterocycles. The van der Waals surface area contributed by atoms with Crippen LogP contribution in [0, 0.1) is 0 Å². The van der Waals surface area contributed by atoms with E-state index >= 15 is 0 Å². The SMILES string of the molecule is CCc1c(Cl)cc(CS(=O)(=O)Cl)cc1OC. The summed E-state index contributed by atoms with van der Waals surface area (Å²) in [7, 11) is 3.11. The average molecular weight is 283 g/mol. The first-order valence-electron chi connectivity index (χ1n) is 4.65. The summed E-state index contributed by atoms with van der Waals surface area (Å²) in [6, 6.07) is 3.24. The Morgan fingerprint density at radius 1 is 1.38 bits per heavy atom. The third kappa shape index (κ3) is 3.54. The molecule has 0 aromatic heterocycles. The molecule has 0 radical (unpaired) electrons. The molecule has 0 bridgehead atoms. The van der Waals surface area contributed by atoms with Crippen LogP contribution in [0.15, 0.2) is 12.1 Å². The van der Waals surface area contributed by atoms with Crippen LogP contribution in [0.2, 0.25) is 5.02 Å². The van der Waals surface area contributed by atoms with Crippen LogP contribution in [-0.2, 0) is 21.2 Å². The average Bonchev–Trinajstić information content (AvgIpc) is 2.14. The third-order valence-electron chi connectivity index (χ3n) is 2.13. The van der Waals surface area contributed by atoms with E-state index in [1.165, 1.54) is 7.11 Å². The molecule has 1 rings (SSSR count). The van der Waals surface area contributed by atoms with Crippen LogP contribution in [0.5, 0.6) is 5.75 Å². The van der Waals surface area contributed by atoms with Crippen LogP contribution >= 0.6 is 22.3 Å². The number of methoxy groups -OCH3 is 1. The van der Waals surface area contributed by atoms with E-state index in [2.05, 4.69) is 0 Å². The maximum atomic E-state index is 10.9. The van der Waals surface area contributed by atoms with Crippen molar-refractivity contribution in [2.45, 2.75) is 19.1 Å². The first-order valence-corrected chi connectivity index (χ1v) is 7.50. The Bertz CT molecular complexity index is 483. The molecule has 90 valence electrons. The first-order chi connectivity index (χ1) is 7.37. The standard InChI is InChI=1S/C10H12Cl2O3S/c1-3-8-9(11)4-7(5-10(8)15-2)6-16(12,13)14/h4-5H,3,6H2,1-2H3. The Morgan fingerprint density at radius 2 is 2.00 bits per heavy atom. The highest BCUT2D eigenvalue weighted by molar-refractivity contribution is 8.13. The fourth-order valence-corrected chi connectivity index (χ4v) is 2.78. The van der Waals surface area contributed by atoms with Crippen molar-refractivity contribution < 1.29 is 13.2 Å². The van der Waals surface area contributed by atoms with Crippen LogP contribution < -0.4 is 4.74 Å². The maximum absolute atomic E-state index is 10.9. The molecule has 0 aliphatic carbocycles. The van der Waals surface area contributed by atoms with Gasteiger partial charge in [0.05, 0.1) is 12.9 Å². The van der Waals surface area contributed by atoms with Crippen LogP contribution in [0.4, 0.5) is 0 Å². The second-order valence-corrected chi connectivity index (χ2v) is 6.48. The fourth-order valence-electron chi connectivity index (χ4n) is 1.47. The van der Waals surface area contributed by atoms with E-state index in [1.54, 1.807) is 12.1 Å². The molecular formula is C10H12Cl2O3S. The molecule has 0 atom stereocenters. The van der Waals surface area contributed by atoms with Crippen LogP contribution in [0.1, 0.15) is 18.1 Å². The monoisotopic (exact) mass is 282 g/mol. The Kier molecular flexibility index (Phi) is 4.47. The van der Waals surface area contributed by atoms with Gasteiger partial charge in [0.2, 0.25) is 9.05 Å². The molecule has 0 heterocycles. The molecule has 1 aromatic carbocycles. The van der Waals surface area contributed by atoms with Crippen LogP contribution in [0.3, 0.4) is 0 Å². The second-order valence-electron chi connectivity index (χ2n) is 3.30. The van der Waals surface area contributed by atoms with Gasteiger partial charge < -0.3 is 4.74 Å².